The summed E-state index contributed by atoms with van der Waals surface area (Å²) in [6.07, 6.45) is 0.795. The fourth-order valence-electron chi connectivity index (χ4n) is 1.23. The summed E-state index contributed by atoms with van der Waals surface area (Å²) in [6.45, 7) is 1.93. The van der Waals surface area contributed by atoms with Crippen molar-refractivity contribution in [3.8, 4) is 0 Å². The molecule has 0 radical (unpaired) electrons. The Kier molecular flexibility index (Phi) is 5.46. The third kappa shape index (κ3) is 3.89. The highest BCUT2D eigenvalue weighted by atomic mass is 35.5. The molecule has 1 aromatic rings. The molecular weight excluding hydrogens is 267 g/mol. The van der Waals surface area contributed by atoms with E-state index in [0.29, 0.717) is 21.4 Å². The summed E-state index contributed by atoms with van der Waals surface area (Å²) in [5.74, 6) is 0.317. The molecule has 0 heterocycles. The Morgan fingerprint density at radius 3 is 2.69 bits per heavy atom. The minimum absolute atomic E-state index is 0.00784. The van der Waals surface area contributed by atoms with E-state index in [9.17, 15) is 9.00 Å². The van der Waals surface area contributed by atoms with Gasteiger partial charge in [-0.1, -0.05) is 30.1 Å². The predicted molar refractivity (Wildman–Crippen MR) is 69.0 cm³/mol. The molecule has 16 heavy (non-hydrogen) atoms. The standard InChI is InChI=1S/C11H12Cl2O2S/c1-2-5-16(15)7-11(14)9-6-8(12)3-4-10(9)13/h3-4,6H,2,5,7H2,1H3. The number of ketones is 1. The van der Waals surface area contributed by atoms with Gasteiger partial charge in [0.25, 0.3) is 0 Å². The van der Waals surface area contributed by atoms with Crippen LogP contribution in [0.5, 0.6) is 0 Å². The average Bonchev–Trinajstić information content (AvgIpc) is 2.21. The zero-order chi connectivity index (χ0) is 12.1. The molecule has 88 valence electrons. The lowest BCUT2D eigenvalue weighted by atomic mass is 10.1. The van der Waals surface area contributed by atoms with Gasteiger partial charge in [0.2, 0.25) is 0 Å². The van der Waals surface area contributed by atoms with Crippen LogP contribution in [-0.4, -0.2) is 21.5 Å². The number of Topliss-reactive ketones (excluding diaryl/α,β-unsaturated/α-hetero) is 1. The van der Waals surface area contributed by atoms with Gasteiger partial charge < -0.3 is 0 Å². The first-order chi connectivity index (χ1) is 7.54. The molecule has 1 rings (SSSR count). The summed E-state index contributed by atoms with van der Waals surface area (Å²) in [5, 5.41) is 0.803. The Hall–Kier alpha value is -0.380. The number of hydrogen-bond acceptors (Lipinski definition) is 2. The van der Waals surface area contributed by atoms with E-state index in [4.69, 9.17) is 23.2 Å². The zero-order valence-electron chi connectivity index (χ0n) is 8.83. The first-order valence-corrected chi connectivity index (χ1v) is 7.12. The number of rotatable bonds is 5. The van der Waals surface area contributed by atoms with Gasteiger partial charge in [0.05, 0.1) is 10.8 Å². The van der Waals surface area contributed by atoms with E-state index in [1.165, 1.54) is 6.07 Å². The van der Waals surface area contributed by atoms with Gasteiger partial charge in [-0.2, -0.15) is 0 Å². The second-order valence-electron chi connectivity index (χ2n) is 3.34. The Balaban J connectivity index is 2.80. The molecule has 0 aromatic heterocycles. The van der Waals surface area contributed by atoms with Gasteiger partial charge in [-0.15, -0.1) is 0 Å². The lowest BCUT2D eigenvalue weighted by molar-refractivity contribution is 0.102. The topological polar surface area (TPSA) is 34.1 Å². The summed E-state index contributed by atoms with van der Waals surface area (Å²) in [5.41, 5.74) is 0.346. The van der Waals surface area contributed by atoms with Crippen LogP contribution in [0.4, 0.5) is 0 Å². The summed E-state index contributed by atoms with van der Waals surface area (Å²) in [4.78, 5) is 11.8. The van der Waals surface area contributed by atoms with E-state index < -0.39 is 10.8 Å². The van der Waals surface area contributed by atoms with Crippen molar-refractivity contribution in [3.63, 3.8) is 0 Å². The van der Waals surface area contributed by atoms with Gasteiger partial charge >= 0.3 is 0 Å². The molecule has 0 aliphatic rings. The fourth-order valence-corrected chi connectivity index (χ4v) is 2.68. The van der Waals surface area contributed by atoms with Crippen LogP contribution in [0, 0.1) is 0 Å². The van der Waals surface area contributed by atoms with Crippen molar-refractivity contribution in [2.75, 3.05) is 11.5 Å². The molecule has 0 saturated heterocycles. The molecule has 0 aliphatic heterocycles. The number of halogens is 2. The van der Waals surface area contributed by atoms with Crippen LogP contribution >= 0.6 is 23.2 Å². The SMILES string of the molecule is CCCS(=O)CC(=O)c1cc(Cl)ccc1Cl. The number of benzene rings is 1. The summed E-state index contributed by atoms with van der Waals surface area (Å²) >= 11 is 11.6. The van der Waals surface area contributed by atoms with Crippen LogP contribution in [0.25, 0.3) is 0 Å². The maximum atomic E-state index is 11.8. The Morgan fingerprint density at radius 1 is 1.38 bits per heavy atom. The Labute approximate surface area is 107 Å². The minimum Gasteiger partial charge on any atom is -0.293 e. The lowest BCUT2D eigenvalue weighted by Crippen LogP contribution is -2.13. The monoisotopic (exact) mass is 278 g/mol. The van der Waals surface area contributed by atoms with E-state index in [2.05, 4.69) is 0 Å². The number of hydrogen-bond donors (Lipinski definition) is 0. The van der Waals surface area contributed by atoms with E-state index >= 15 is 0 Å². The van der Waals surface area contributed by atoms with E-state index in [1.54, 1.807) is 12.1 Å². The predicted octanol–water partition coefficient (Wildman–Crippen LogP) is 3.33. The fraction of sp³-hybridized carbons (Fsp3) is 0.364. The molecule has 0 saturated carbocycles. The summed E-state index contributed by atoms with van der Waals surface area (Å²) < 4.78 is 11.4. The maximum Gasteiger partial charge on any atom is 0.176 e. The van der Waals surface area contributed by atoms with Gasteiger partial charge in [-0.3, -0.25) is 9.00 Å². The smallest absolute Gasteiger partial charge is 0.176 e. The van der Waals surface area contributed by atoms with Crippen LogP contribution in [0.1, 0.15) is 23.7 Å². The quantitative estimate of drug-likeness (QED) is 0.775. The van der Waals surface area contributed by atoms with Gasteiger partial charge in [0.15, 0.2) is 5.78 Å². The van der Waals surface area contributed by atoms with Crippen LogP contribution in [-0.2, 0) is 10.8 Å². The molecule has 0 amide bonds. The largest absolute Gasteiger partial charge is 0.293 e. The van der Waals surface area contributed by atoms with Crippen LogP contribution in [0.2, 0.25) is 10.0 Å². The molecule has 2 nitrogen and oxygen atoms in total. The number of carbonyl (C=O) groups excluding carboxylic acids is 1. The molecule has 0 fully saturated rings. The Bertz CT molecular complexity index is 418. The third-order valence-corrected chi connectivity index (χ3v) is 3.97. The van der Waals surface area contributed by atoms with Crippen molar-refractivity contribution in [1.82, 2.24) is 0 Å². The normalized spacial score (nSPS) is 12.4. The highest BCUT2D eigenvalue weighted by molar-refractivity contribution is 7.85. The van der Waals surface area contributed by atoms with Gasteiger partial charge in [0.1, 0.15) is 0 Å². The van der Waals surface area contributed by atoms with Crippen molar-refractivity contribution in [2.45, 2.75) is 13.3 Å². The minimum atomic E-state index is -1.12. The van der Waals surface area contributed by atoms with Crippen molar-refractivity contribution in [3.05, 3.63) is 33.8 Å². The van der Waals surface area contributed by atoms with Crippen molar-refractivity contribution in [1.29, 1.82) is 0 Å². The first-order valence-electron chi connectivity index (χ1n) is 4.87. The summed E-state index contributed by atoms with van der Waals surface area (Å²) in [7, 11) is -1.12. The van der Waals surface area contributed by atoms with Crippen molar-refractivity contribution in [2.24, 2.45) is 0 Å². The molecule has 1 atom stereocenters. The number of carbonyl (C=O) groups is 1. The maximum absolute atomic E-state index is 11.8. The average molecular weight is 279 g/mol. The first kappa shape index (κ1) is 13.7. The van der Waals surface area contributed by atoms with Crippen LogP contribution in [0.3, 0.4) is 0 Å². The second kappa shape index (κ2) is 6.38. The Morgan fingerprint density at radius 2 is 2.06 bits per heavy atom. The molecule has 1 unspecified atom stereocenters. The molecule has 1 aromatic carbocycles. The van der Waals surface area contributed by atoms with Gasteiger partial charge in [0, 0.05) is 27.1 Å². The van der Waals surface area contributed by atoms with E-state index in [-0.39, 0.29) is 11.5 Å². The molecule has 0 spiro atoms. The molecular formula is C11H12Cl2O2S. The van der Waals surface area contributed by atoms with Gasteiger partial charge in [-0.25, -0.2) is 0 Å². The van der Waals surface area contributed by atoms with Crippen LogP contribution < -0.4 is 0 Å². The molecule has 0 bridgehead atoms. The summed E-state index contributed by atoms with van der Waals surface area (Å²) in [6, 6.07) is 4.69. The molecule has 0 aliphatic carbocycles. The highest BCUT2D eigenvalue weighted by Gasteiger charge is 2.13. The van der Waals surface area contributed by atoms with E-state index in [0.717, 1.165) is 6.42 Å². The van der Waals surface area contributed by atoms with E-state index in [1.807, 2.05) is 6.92 Å². The third-order valence-electron chi connectivity index (χ3n) is 1.95. The van der Waals surface area contributed by atoms with Crippen molar-refractivity contribution < 1.29 is 9.00 Å². The zero-order valence-corrected chi connectivity index (χ0v) is 11.2. The van der Waals surface area contributed by atoms with Gasteiger partial charge in [-0.05, 0) is 24.6 Å². The highest BCUT2D eigenvalue weighted by Crippen LogP contribution is 2.21. The second-order valence-corrected chi connectivity index (χ2v) is 5.76. The molecule has 0 N–H and O–H groups in total. The molecule has 5 heteroatoms. The van der Waals surface area contributed by atoms with Crippen LogP contribution in [0.15, 0.2) is 18.2 Å². The lowest BCUT2D eigenvalue weighted by Gasteiger charge is -2.03. The van der Waals surface area contributed by atoms with Crippen molar-refractivity contribution >= 4 is 39.8 Å².